The first-order chi connectivity index (χ1) is 1.89. The van der Waals surface area contributed by atoms with Gasteiger partial charge in [0.25, 0.3) is 0 Å². The smallest absolute Gasteiger partial charge is 0.228 e. The molecule has 0 bridgehead atoms. The molecule has 1 rings (SSSR count). The first kappa shape index (κ1) is 2.15. The van der Waals surface area contributed by atoms with Crippen LogP contribution in [0.1, 0.15) is 0 Å². The molecule has 1 unspecified atom stereocenters. The highest BCUT2D eigenvalue weighted by atomic mass is 19.2. The summed E-state index contributed by atoms with van der Waals surface area (Å²) in [5.41, 5.74) is 0. The number of halogens is 1. The summed E-state index contributed by atoms with van der Waals surface area (Å²) in [7, 11) is 0. The van der Waals surface area contributed by atoms with Crippen molar-refractivity contribution in [3.63, 3.8) is 0 Å². The zero-order valence-corrected chi connectivity index (χ0v) is 1.94. The minimum Gasteiger partial charge on any atom is -0.334 e. The Hall–Kier alpha value is -0.110. The highest BCUT2D eigenvalue weighted by Gasteiger charge is 2.21. The molecular formula is C2H2FO. The molecule has 1 fully saturated rings. The number of rotatable bonds is 0. The lowest BCUT2D eigenvalue weighted by Gasteiger charge is -1.47. The molecule has 0 saturated carbocycles. The SMILES string of the molecule is FC1[CH]O1. The van der Waals surface area contributed by atoms with Crippen molar-refractivity contribution in [1.82, 2.24) is 0 Å². The maximum atomic E-state index is 10.8. The van der Waals surface area contributed by atoms with Crippen LogP contribution in [-0.4, -0.2) is 6.36 Å². The zero-order valence-electron chi connectivity index (χ0n) is 1.94. The van der Waals surface area contributed by atoms with E-state index >= 15 is 0 Å². The van der Waals surface area contributed by atoms with Gasteiger partial charge in [-0.15, -0.1) is 0 Å². The van der Waals surface area contributed by atoms with Gasteiger partial charge < -0.3 is 4.74 Å². The summed E-state index contributed by atoms with van der Waals surface area (Å²) in [5, 5.41) is 0. The highest BCUT2D eigenvalue weighted by Crippen LogP contribution is 2.14. The van der Waals surface area contributed by atoms with Crippen LogP contribution in [0.3, 0.4) is 0 Å². The van der Waals surface area contributed by atoms with Crippen LogP contribution in [0.4, 0.5) is 4.39 Å². The summed E-state index contributed by atoms with van der Waals surface area (Å²) in [5.74, 6) is 0. The highest BCUT2D eigenvalue weighted by molar-refractivity contribution is 4.69. The number of epoxide rings is 1. The number of hydrogen-bond donors (Lipinski definition) is 0. The molecule has 0 aromatic rings. The van der Waals surface area contributed by atoms with Gasteiger partial charge in [-0.3, -0.25) is 0 Å². The molecule has 0 aromatic carbocycles. The summed E-state index contributed by atoms with van der Waals surface area (Å²) in [6.45, 7) is 1.12. The molecule has 1 aliphatic heterocycles. The topological polar surface area (TPSA) is 12.5 Å². The van der Waals surface area contributed by atoms with E-state index in [0.29, 0.717) is 0 Å². The fourth-order valence-corrected chi connectivity index (χ4v) is 0.0297. The second-order valence-corrected chi connectivity index (χ2v) is 0.623. The van der Waals surface area contributed by atoms with Gasteiger partial charge in [0, 0.05) is 0 Å². The fraction of sp³-hybridized carbons (Fsp3) is 0.500. The van der Waals surface area contributed by atoms with Gasteiger partial charge in [0.2, 0.25) is 6.36 Å². The summed E-state index contributed by atoms with van der Waals surface area (Å²) in [4.78, 5) is 0. The van der Waals surface area contributed by atoms with Crippen LogP contribution in [0.25, 0.3) is 0 Å². The first-order valence-corrected chi connectivity index (χ1v) is 1.02. The molecule has 1 nitrogen and oxygen atoms in total. The lowest BCUT2D eigenvalue weighted by molar-refractivity contribution is 0.273. The largest absolute Gasteiger partial charge is 0.334 e. The van der Waals surface area contributed by atoms with Crippen molar-refractivity contribution in [3.05, 3.63) is 6.61 Å². The van der Waals surface area contributed by atoms with Crippen LogP contribution in [-0.2, 0) is 4.74 Å². The van der Waals surface area contributed by atoms with E-state index in [0.717, 1.165) is 6.61 Å². The molecule has 23 valence electrons. The van der Waals surface area contributed by atoms with Crippen LogP contribution in [0.5, 0.6) is 0 Å². The molecule has 1 radical (unpaired) electrons. The third-order valence-corrected chi connectivity index (χ3v) is 0.239. The summed E-state index contributed by atoms with van der Waals surface area (Å²) < 4.78 is 14.8. The van der Waals surface area contributed by atoms with E-state index in [9.17, 15) is 4.39 Å². The summed E-state index contributed by atoms with van der Waals surface area (Å²) in [6.07, 6.45) is -1.04. The Morgan fingerprint density at radius 3 is 2.25 bits per heavy atom. The van der Waals surface area contributed by atoms with Crippen molar-refractivity contribution < 1.29 is 9.13 Å². The molecule has 0 aliphatic carbocycles. The average Bonchev–Trinajstić information content (AvgIpc) is 1.75. The van der Waals surface area contributed by atoms with Gasteiger partial charge in [-0.1, -0.05) is 0 Å². The minimum atomic E-state index is -1.04. The van der Waals surface area contributed by atoms with Gasteiger partial charge >= 0.3 is 0 Å². The first-order valence-electron chi connectivity index (χ1n) is 1.02. The van der Waals surface area contributed by atoms with Crippen LogP contribution >= 0.6 is 0 Å². The molecule has 1 aliphatic rings. The van der Waals surface area contributed by atoms with Crippen LogP contribution in [0.2, 0.25) is 0 Å². The van der Waals surface area contributed by atoms with Crippen LogP contribution < -0.4 is 0 Å². The lowest BCUT2D eigenvalue weighted by atomic mass is 10.9. The Labute approximate surface area is 23.4 Å². The second kappa shape index (κ2) is 0.432. The predicted molar refractivity (Wildman–Crippen MR) is 10.3 cm³/mol. The van der Waals surface area contributed by atoms with Gasteiger partial charge in [0.15, 0.2) is 0 Å². The van der Waals surface area contributed by atoms with Crippen molar-refractivity contribution >= 4 is 0 Å². The fourth-order valence-electron chi connectivity index (χ4n) is 0.0297. The van der Waals surface area contributed by atoms with Crippen molar-refractivity contribution in [2.24, 2.45) is 0 Å². The lowest BCUT2D eigenvalue weighted by Crippen LogP contribution is -1.52. The molecule has 0 spiro atoms. The van der Waals surface area contributed by atoms with Crippen LogP contribution in [0, 0.1) is 6.61 Å². The number of ether oxygens (including phenoxy) is 1. The third kappa shape index (κ3) is 0.179. The molecule has 0 N–H and O–H groups in total. The second-order valence-electron chi connectivity index (χ2n) is 0.623. The molecule has 2 heteroatoms. The Kier molecular flexibility index (Phi) is 0.232. The third-order valence-electron chi connectivity index (χ3n) is 0.239. The molecule has 4 heavy (non-hydrogen) atoms. The standard InChI is InChI=1S/C2H2FO/c3-2-1-4-2/h1-2H. The van der Waals surface area contributed by atoms with Gasteiger partial charge in [-0.25, -0.2) is 4.39 Å². The average molecular weight is 61.0 g/mol. The minimum absolute atomic E-state index is 1.04. The van der Waals surface area contributed by atoms with Gasteiger partial charge in [0.05, 0.1) is 0 Å². The van der Waals surface area contributed by atoms with Crippen LogP contribution in [0.15, 0.2) is 0 Å². The van der Waals surface area contributed by atoms with E-state index < -0.39 is 6.36 Å². The van der Waals surface area contributed by atoms with E-state index in [4.69, 9.17) is 0 Å². The Balaban J connectivity index is 2.17. The monoisotopic (exact) mass is 61.0 g/mol. The van der Waals surface area contributed by atoms with Crippen molar-refractivity contribution in [3.8, 4) is 0 Å². The summed E-state index contributed by atoms with van der Waals surface area (Å²) in [6, 6.07) is 0. The maximum absolute atomic E-state index is 10.8. The number of hydrogen-bond acceptors (Lipinski definition) is 1. The van der Waals surface area contributed by atoms with E-state index in [1.54, 1.807) is 0 Å². The van der Waals surface area contributed by atoms with Crippen molar-refractivity contribution in [1.29, 1.82) is 0 Å². The Morgan fingerprint density at radius 2 is 2.25 bits per heavy atom. The van der Waals surface area contributed by atoms with Gasteiger partial charge in [0.1, 0.15) is 6.61 Å². The Bertz CT molecular complexity index is 25.2. The molecule has 0 aromatic heterocycles. The quantitative estimate of drug-likeness (QED) is 0.371. The molecular weight excluding hydrogens is 59.0 g/mol. The van der Waals surface area contributed by atoms with Crippen molar-refractivity contribution in [2.75, 3.05) is 0 Å². The predicted octanol–water partition coefficient (Wildman–Crippen LogP) is 0.474. The van der Waals surface area contributed by atoms with E-state index in [2.05, 4.69) is 4.74 Å². The van der Waals surface area contributed by atoms with Gasteiger partial charge in [-0.05, 0) is 0 Å². The molecule has 1 heterocycles. The van der Waals surface area contributed by atoms with E-state index in [1.165, 1.54) is 0 Å². The summed E-state index contributed by atoms with van der Waals surface area (Å²) >= 11 is 0. The maximum Gasteiger partial charge on any atom is 0.228 e. The van der Waals surface area contributed by atoms with E-state index in [-0.39, 0.29) is 0 Å². The Morgan fingerprint density at radius 1 is 2.00 bits per heavy atom. The molecule has 1 atom stereocenters. The van der Waals surface area contributed by atoms with Gasteiger partial charge in [-0.2, -0.15) is 0 Å². The number of alkyl halides is 1. The molecule has 1 saturated heterocycles. The zero-order chi connectivity index (χ0) is 2.99. The van der Waals surface area contributed by atoms with E-state index in [1.807, 2.05) is 0 Å². The van der Waals surface area contributed by atoms with Crippen molar-refractivity contribution in [2.45, 2.75) is 6.36 Å². The molecule has 0 amide bonds. The normalized spacial score (nSPS) is 39.8.